The third kappa shape index (κ3) is 1.70. The maximum absolute atomic E-state index is 9.29. The number of aliphatic hydroxyl groups excluding tert-OH is 1. The number of hydrogen-bond acceptors (Lipinski definition) is 2. The van der Waals surface area contributed by atoms with Crippen LogP contribution >= 0.6 is 0 Å². The van der Waals surface area contributed by atoms with E-state index in [0.29, 0.717) is 16.9 Å². The predicted molar refractivity (Wildman–Crippen MR) is 67.3 cm³/mol. The van der Waals surface area contributed by atoms with Gasteiger partial charge in [-0.3, -0.25) is 0 Å². The highest BCUT2D eigenvalue weighted by Gasteiger charge is 2.60. The van der Waals surface area contributed by atoms with Gasteiger partial charge >= 0.3 is 0 Å². The third-order valence-electron chi connectivity index (χ3n) is 5.75. The summed E-state index contributed by atoms with van der Waals surface area (Å²) in [5.41, 5.74) is 0.964. The molecular weight excluding hydrogens is 198 g/mol. The zero-order valence-electron chi connectivity index (χ0n) is 11.2. The summed E-state index contributed by atoms with van der Waals surface area (Å²) in [7, 11) is 0. The van der Waals surface area contributed by atoms with Crippen LogP contribution in [0.15, 0.2) is 0 Å². The van der Waals surface area contributed by atoms with Crippen LogP contribution < -0.4 is 5.32 Å². The van der Waals surface area contributed by atoms with Crippen LogP contribution in [0.3, 0.4) is 0 Å². The van der Waals surface area contributed by atoms with Crippen LogP contribution in [0.1, 0.15) is 53.4 Å². The molecule has 2 aliphatic rings. The number of fused-ring (bicyclic) bond motifs is 2. The van der Waals surface area contributed by atoms with Gasteiger partial charge in [0, 0.05) is 6.04 Å². The molecule has 2 fully saturated rings. The van der Waals surface area contributed by atoms with E-state index in [9.17, 15) is 5.11 Å². The van der Waals surface area contributed by atoms with Gasteiger partial charge in [-0.15, -0.1) is 0 Å². The van der Waals surface area contributed by atoms with Crippen LogP contribution in [0.25, 0.3) is 0 Å². The first kappa shape index (κ1) is 12.4. The van der Waals surface area contributed by atoms with Gasteiger partial charge in [-0.1, -0.05) is 20.8 Å². The maximum Gasteiger partial charge on any atom is 0.0524 e. The Balaban J connectivity index is 1.94. The van der Waals surface area contributed by atoms with E-state index < -0.39 is 0 Å². The van der Waals surface area contributed by atoms with Crippen molar-refractivity contribution in [1.29, 1.82) is 0 Å². The minimum atomic E-state index is -0.174. The lowest BCUT2D eigenvalue weighted by Gasteiger charge is -2.39. The molecular formula is C14H27NO. The molecule has 2 N–H and O–H groups in total. The smallest absolute Gasteiger partial charge is 0.0524 e. The summed E-state index contributed by atoms with van der Waals surface area (Å²) in [6.07, 6.45) is 4.82. The topological polar surface area (TPSA) is 32.3 Å². The summed E-state index contributed by atoms with van der Waals surface area (Å²) in [6, 6.07) is 0.667. The van der Waals surface area contributed by atoms with Gasteiger partial charge in [0.15, 0.2) is 0 Å². The summed E-state index contributed by atoms with van der Waals surface area (Å²) in [5, 5.41) is 13.0. The van der Waals surface area contributed by atoms with Crippen LogP contribution in [0.5, 0.6) is 0 Å². The maximum atomic E-state index is 9.29. The largest absolute Gasteiger partial charge is 0.393 e. The molecule has 0 heterocycles. The van der Waals surface area contributed by atoms with E-state index in [4.69, 9.17) is 0 Å². The summed E-state index contributed by atoms with van der Waals surface area (Å²) in [6.45, 7) is 10.2. The molecule has 4 atom stereocenters. The van der Waals surface area contributed by atoms with E-state index in [1.54, 1.807) is 0 Å². The highest BCUT2D eigenvalue weighted by Crippen LogP contribution is 2.65. The standard InChI is InChI=1S/C14H27NO/c1-10(16)6-8-15-12-9-11-5-7-14(12,4)13(11,2)3/h10-12,15-16H,5-9H2,1-4H3/t10?,11-,12?,14+/m0/s1. The minimum absolute atomic E-state index is 0.174. The number of aliphatic hydroxyl groups is 1. The fraction of sp³-hybridized carbons (Fsp3) is 1.00. The lowest BCUT2D eigenvalue weighted by Crippen LogP contribution is -2.45. The molecule has 0 aliphatic heterocycles. The van der Waals surface area contributed by atoms with Gasteiger partial charge in [-0.25, -0.2) is 0 Å². The van der Waals surface area contributed by atoms with Crippen molar-refractivity contribution in [3.63, 3.8) is 0 Å². The zero-order chi connectivity index (χ0) is 12.0. The van der Waals surface area contributed by atoms with Crippen molar-refractivity contribution < 1.29 is 5.11 Å². The zero-order valence-corrected chi connectivity index (χ0v) is 11.2. The SMILES string of the molecule is CC(O)CCNC1C[C@@H]2CC[C@@]1(C)C2(C)C. The van der Waals surface area contributed by atoms with Crippen molar-refractivity contribution >= 4 is 0 Å². The van der Waals surface area contributed by atoms with Crippen molar-refractivity contribution in [2.45, 2.75) is 65.5 Å². The summed E-state index contributed by atoms with van der Waals surface area (Å²) in [4.78, 5) is 0. The van der Waals surface area contributed by atoms with Gasteiger partial charge in [0.25, 0.3) is 0 Å². The molecule has 2 aliphatic carbocycles. The van der Waals surface area contributed by atoms with Crippen molar-refractivity contribution in [2.75, 3.05) is 6.54 Å². The van der Waals surface area contributed by atoms with Gasteiger partial charge in [0.2, 0.25) is 0 Å². The molecule has 2 rings (SSSR count). The quantitative estimate of drug-likeness (QED) is 0.770. The van der Waals surface area contributed by atoms with Gasteiger partial charge in [-0.2, -0.15) is 0 Å². The molecule has 0 aromatic rings. The molecule has 0 amide bonds. The van der Waals surface area contributed by atoms with Crippen molar-refractivity contribution in [1.82, 2.24) is 5.32 Å². The average Bonchev–Trinajstić information content (AvgIpc) is 2.49. The van der Waals surface area contributed by atoms with Gasteiger partial charge < -0.3 is 10.4 Å². The Kier molecular flexibility index (Phi) is 3.09. The van der Waals surface area contributed by atoms with Crippen molar-refractivity contribution in [2.24, 2.45) is 16.7 Å². The predicted octanol–water partition coefficient (Wildman–Crippen LogP) is 2.56. The average molecular weight is 225 g/mol. The molecule has 0 spiro atoms. The van der Waals surface area contributed by atoms with Gasteiger partial charge in [0.05, 0.1) is 6.10 Å². The molecule has 16 heavy (non-hydrogen) atoms. The van der Waals surface area contributed by atoms with E-state index in [1.807, 2.05) is 6.92 Å². The summed E-state index contributed by atoms with van der Waals surface area (Å²) < 4.78 is 0. The second-order valence-electron chi connectivity index (χ2n) is 6.75. The lowest BCUT2D eigenvalue weighted by atomic mass is 9.69. The second-order valence-corrected chi connectivity index (χ2v) is 6.75. The first-order valence-corrected chi connectivity index (χ1v) is 6.79. The summed E-state index contributed by atoms with van der Waals surface area (Å²) in [5.74, 6) is 0.904. The molecule has 2 saturated carbocycles. The Morgan fingerprint density at radius 1 is 1.38 bits per heavy atom. The minimum Gasteiger partial charge on any atom is -0.393 e. The molecule has 2 bridgehead atoms. The Bertz CT molecular complexity index is 261. The fourth-order valence-corrected chi connectivity index (χ4v) is 3.98. The van der Waals surface area contributed by atoms with E-state index >= 15 is 0 Å². The molecule has 2 nitrogen and oxygen atoms in total. The number of hydrogen-bond donors (Lipinski definition) is 2. The van der Waals surface area contributed by atoms with E-state index in [2.05, 4.69) is 26.1 Å². The molecule has 0 radical (unpaired) electrons. The van der Waals surface area contributed by atoms with E-state index in [0.717, 1.165) is 18.9 Å². The normalized spacial score (nSPS) is 42.6. The summed E-state index contributed by atoms with van der Waals surface area (Å²) >= 11 is 0. The number of nitrogens with one attached hydrogen (secondary N) is 1. The second kappa shape index (κ2) is 3.99. The molecule has 0 saturated heterocycles. The van der Waals surface area contributed by atoms with Crippen LogP contribution in [-0.4, -0.2) is 23.8 Å². The molecule has 94 valence electrons. The fourth-order valence-electron chi connectivity index (χ4n) is 3.98. The Labute approximate surface area is 99.8 Å². The van der Waals surface area contributed by atoms with Crippen LogP contribution in [0, 0.1) is 16.7 Å². The lowest BCUT2D eigenvalue weighted by molar-refractivity contribution is 0.117. The first-order valence-electron chi connectivity index (χ1n) is 6.79. The molecule has 0 aromatic carbocycles. The van der Waals surface area contributed by atoms with Gasteiger partial charge in [-0.05, 0) is 55.9 Å². The Morgan fingerprint density at radius 2 is 2.06 bits per heavy atom. The Morgan fingerprint density at radius 3 is 2.50 bits per heavy atom. The van der Waals surface area contributed by atoms with E-state index in [-0.39, 0.29) is 6.10 Å². The van der Waals surface area contributed by atoms with Gasteiger partial charge in [0.1, 0.15) is 0 Å². The van der Waals surface area contributed by atoms with Crippen LogP contribution in [0.4, 0.5) is 0 Å². The van der Waals surface area contributed by atoms with Crippen molar-refractivity contribution in [3.8, 4) is 0 Å². The molecule has 0 aromatic heterocycles. The van der Waals surface area contributed by atoms with Crippen LogP contribution in [-0.2, 0) is 0 Å². The highest BCUT2D eigenvalue weighted by molar-refractivity contribution is 5.12. The highest BCUT2D eigenvalue weighted by atomic mass is 16.3. The number of rotatable bonds is 4. The molecule has 2 unspecified atom stereocenters. The van der Waals surface area contributed by atoms with Crippen LogP contribution in [0.2, 0.25) is 0 Å². The molecule has 2 heteroatoms. The van der Waals surface area contributed by atoms with E-state index in [1.165, 1.54) is 19.3 Å². The monoisotopic (exact) mass is 225 g/mol. The first-order chi connectivity index (χ1) is 7.38. The third-order valence-corrected chi connectivity index (χ3v) is 5.75. The van der Waals surface area contributed by atoms with Crippen molar-refractivity contribution in [3.05, 3.63) is 0 Å². The Hall–Kier alpha value is -0.0800.